The molecule has 2 aromatic heterocycles. The third-order valence-electron chi connectivity index (χ3n) is 2.88. The van der Waals surface area contributed by atoms with Crippen LogP contribution in [0.3, 0.4) is 0 Å². The maximum atomic E-state index is 13.1. The van der Waals surface area contributed by atoms with Crippen LogP contribution >= 0.6 is 0 Å². The van der Waals surface area contributed by atoms with Gasteiger partial charge in [0.25, 0.3) is 5.89 Å². The molecule has 3 rings (SSSR count). The fraction of sp³-hybridized carbons (Fsp3) is 0. The van der Waals surface area contributed by atoms with Crippen LogP contribution in [0, 0.1) is 16.1 Å². The first kappa shape index (κ1) is 14.4. The third-order valence-corrected chi connectivity index (χ3v) is 2.88. The normalized spacial score (nSPS) is 10.7. The lowest BCUT2D eigenvalue weighted by Crippen LogP contribution is -1.91. The van der Waals surface area contributed by atoms with E-state index >= 15 is 0 Å². The van der Waals surface area contributed by atoms with Crippen LogP contribution in [0.25, 0.3) is 23.0 Å². The van der Waals surface area contributed by atoms with Crippen LogP contribution in [0.5, 0.6) is 11.5 Å². The molecule has 0 aliphatic heterocycles. The second-order valence-corrected chi connectivity index (χ2v) is 4.39. The van der Waals surface area contributed by atoms with Crippen LogP contribution in [0.2, 0.25) is 0 Å². The summed E-state index contributed by atoms with van der Waals surface area (Å²) in [4.78, 5) is 17.5. The molecule has 9 nitrogen and oxygen atoms in total. The smallest absolute Gasteiger partial charge is 0.315 e. The number of phenols is 2. The van der Waals surface area contributed by atoms with E-state index in [0.29, 0.717) is 0 Å². The van der Waals surface area contributed by atoms with Gasteiger partial charge in [-0.05, 0) is 18.2 Å². The number of halogens is 1. The molecule has 0 amide bonds. The van der Waals surface area contributed by atoms with Crippen LogP contribution in [0.4, 0.5) is 10.1 Å². The summed E-state index contributed by atoms with van der Waals surface area (Å²) < 4.78 is 18.0. The monoisotopic (exact) mass is 318 g/mol. The zero-order valence-corrected chi connectivity index (χ0v) is 11.2. The molecule has 10 heteroatoms. The molecule has 0 spiro atoms. The highest BCUT2D eigenvalue weighted by atomic mass is 19.1. The summed E-state index contributed by atoms with van der Waals surface area (Å²) in [6, 6.07) is 6.00. The summed E-state index contributed by atoms with van der Waals surface area (Å²) in [5, 5.41) is 33.4. The van der Waals surface area contributed by atoms with Gasteiger partial charge in [-0.3, -0.25) is 10.1 Å². The van der Waals surface area contributed by atoms with Crippen LogP contribution in [-0.4, -0.2) is 30.3 Å². The summed E-state index contributed by atoms with van der Waals surface area (Å²) >= 11 is 0. The standard InChI is InChI=1S/C13H7FN4O5/c14-10-3-1-2-7(15-10)12-16-13(23-17-12)6-4-8(18(21)22)11(20)9(19)5-6/h1-5,19-20H. The first-order valence-electron chi connectivity index (χ1n) is 6.13. The van der Waals surface area contributed by atoms with Crippen molar-refractivity contribution in [2.24, 2.45) is 0 Å². The molecule has 0 fully saturated rings. The van der Waals surface area contributed by atoms with E-state index in [9.17, 15) is 24.7 Å². The molecule has 0 atom stereocenters. The molecular formula is C13H7FN4O5. The fourth-order valence-electron chi connectivity index (χ4n) is 1.84. The minimum atomic E-state index is -0.871. The highest BCUT2D eigenvalue weighted by molar-refractivity contribution is 5.68. The van der Waals surface area contributed by atoms with Crippen LogP contribution in [0.1, 0.15) is 0 Å². The molecule has 0 saturated heterocycles. The van der Waals surface area contributed by atoms with E-state index in [1.165, 1.54) is 12.1 Å². The van der Waals surface area contributed by atoms with Crippen molar-refractivity contribution < 1.29 is 24.0 Å². The molecule has 2 heterocycles. The van der Waals surface area contributed by atoms with E-state index in [-0.39, 0.29) is 23.0 Å². The van der Waals surface area contributed by atoms with Crippen LogP contribution in [-0.2, 0) is 0 Å². The zero-order chi connectivity index (χ0) is 16.6. The third kappa shape index (κ3) is 2.64. The Hall–Kier alpha value is -3.56. The Morgan fingerprint density at radius 1 is 1.22 bits per heavy atom. The largest absolute Gasteiger partial charge is 0.504 e. The second-order valence-electron chi connectivity index (χ2n) is 4.39. The Morgan fingerprint density at radius 2 is 2.00 bits per heavy atom. The quantitative estimate of drug-likeness (QED) is 0.325. The number of hydrogen-bond donors (Lipinski definition) is 2. The first-order chi connectivity index (χ1) is 11.0. The lowest BCUT2D eigenvalue weighted by atomic mass is 10.1. The highest BCUT2D eigenvalue weighted by Crippen LogP contribution is 2.39. The average Bonchev–Trinajstić information content (AvgIpc) is 2.99. The highest BCUT2D eigenvalue weighted by Gasteiger charge is 2.22. The van der Waals surface area contributed by atoms with E-state index in [1.807, 2.05) is 0 Å². The Balaban J connectivity index is 2.06. The topological polar surface area (TPSA) is 135 Å². The number of nitro benzene ring substituents is 1. The van der Waals surface area contributed by atoms with Gasteiger partial charge in [-0.1, -0.05) is 11.2 Å². The Morgan fingerprint density at radius 3 is 2.70 bits per heavy atom. The van der Waals surface area contributed by atoms with Crippen molar-refractivity contribution in [2.45, 2.75) is 0 Å². The van der Waals surface area contributed by atoms with E-state index in [1.54, 1.807) is 0 Å². The van der Waals surface area contributed by atoms with Crippen molar-refractivity contribution >= 4 is 5.69 Å². The van der Waals surface area contributed by atoms with Crippen molar-refractivity contribution in [3.8, 4) is 34.5 Å². The molecule has 0 saturated carbocycles. The first-order valence-corrected chi connectivity index (χ1v) is 6.13. The van der Waals surface area contributed by atoms with Gasteiger partial charge >= 0.3 is 5.69 Å². The van der Waals surface area contributed by atoms with E-state index in [4.69, 9.17) is 4.52 Å². The van der Waals surface area contributed by atoms with Gasteiger partial charge in [0.1, 0.15) is 5.69 Å². The molecule has 0 bridgehead atoms. The second kappa shape index (κ2) is 5.33. The number of pyridine rings is 1. The predicted molar refractivity (Wildman–Crippen MR) is 72.9 cm³/mol. The Bertz CT molecular complexity index is 911. The maximum absolute atomic E-state index is 13.1. The van der Waals surface area contributed by atoms with E-state index in [0.717, 1.165) is 18.2 Å². The average molecular weight is 318 g/mol. The number of hydrogen-bond acceptors (Lipinski definition) is 8. The number of aromatic nitrogens is 3. The van der Waals surface area contributed by atoms with Gasteiger partial charge in [0, 0.05) is 6.07 Å². The van der Waals surface area contributed by atoms with E-state index < -0.39 is 28.1 Å². The summed E-state index contributed by atoms with van der Waals surface area (Å²) in [5.41, 5.74) is -0.594. The fourth-order valence-corrected chi connectivity index (χ4v) is 1.84. The summed E-state index contributed by atoms with van der Waals surface area (Å²) in [7, 11) is 0. The van der Waals surface area contributed by atoms with Gasteiger partial charge < -0.3 is 14.7 Å². The molecular weight excluding hydrogens is 311 g/mol. The number of aromatic hydroxyl groups is 2. The Kier molecular flexibility index (Phi) is 3.33. The minimum Gasteiger partial charge on any atom is -0.504 e. The zero-order valence-electron chi connectivity index (χ0n) is 11.2. The van der Waals surface area contributed by atoms with Crippen LogP contribution in [0.15, 0.2) is 34.9 Å². The van der Waals surface area contributed by atoms with Gasteiger partial charge in [0.05, 0.1) is 10.5 Å². The summed E-state index contributed by atoms with van der Waals surface area (Å²) in [6.07, 6.45) is 0. The maximum Gasteiger partial charge on any atom is 0.315 e. The van der Waals surface area contributed by atoms with E-state index in [2.05, 4.69) is 15.1 Å². The van der Waals surface area contributed by atoms with Crippen molar-refractivity contribution in [3.05, 3.63) is 46.4 Å². The van der Waals surface area contributed by atoms with Crippen LogP contribution < -0.4 is 0 Å². The van der Waals surface area contributed by atoms with Crippen molar-refractivity contribution in [2.75, 3.05) is 0 Å². The van der Waals surface area contributed by atoms with Gasteiger partial charge in [0.15, 0.2) is 5.75 Å². The molecule has 0 unspecified atom stereocenters. The number of rotatable bonds is 3. The summed E-state index contributed by atoms with van der Waals surface area (Å²) in [5.74, 6) is -2.51. The SMILES string of the molecule is O=[N+]([O-])c1cc(-c2nc(-c3cccc(F)n3)no2)cc(O)c1O. The molecule has 23 heavy (non-hydrogen) atoms. The molecule has 0 aliphatic carbocycles. The molecule has 0 aliphatic rings. The lowest BCUT2D eigenvalue weighted by molar-refractivity contribution is -0.385. The number of benzene rings is 1. The molecule has 2 N–H and O–H groups in total. The number of nitrogens with zero attached hydrogens (tertiary/aromatic N) is 4. The Labute approximate surface area is 126 Å². The van der Waals surface area contributed by atoms with Crippen molar-refractivity contribution in [1.82, 2.24) is 15.1 Å². The molecule has 0 radical (unpaired) electrons. The molecule has 1 aromatic carbocycles. The molecule has 116 valence electrons. The molecule has 3 aromatic rings. The number of phenolic OH excluding ortho intramolecular Hbond substituents is 2. The van der Waals surface area contributed by atoms with Gasteiger partial charge in [-0.25, -0.2) is 4.98 Å². The minimum absolute atomic E-state index is 0.0159. The lowest BCUT2D eigenvalue weighted by Gasteiger charge is -2.01. The van der Waals surface area contributed by atoms with Gasteiger partial charge in [-0.15, -0.1) is 0 Å². The summed E-state index contributed by atoms with van der Waals surface area (Å²) in [6.45, 7) is 0. The van der Waals surface area contributed by atoms with Crippen molar-refractivity contribution in [3.63, 3.8) is 0 Å². The van der Waals surface area contributed by atoms with Crippen molar-refractivity contribution in [1.29, 1.82) is 0 Å². The predicted octanol–water partition coefficient (Wildman–Crippen LogP) is 2.26. The van der Waals surface area contributed by atoms with Gasteiger partial charge in [-0.2, -0.15) is 9.37 Å². The van der Waals surface area contributed by atoms with Gasteiger partial charge in [0.2, 0.25) is 17.5 Å². The number of nitro groups is 1.